The molecule has 0 aliphatic carbocycles. The highest BCUT2D eigenvalue weighted by molar-refractivity contribution is 7.08. The molecular weight excluding hydrogens is 276 g/mol. The minimum atomic E-state index is -0.657. The molecule has 0 aliphatic rings. The summed E-state index contributed by atoms with van der Waals surface area (Å²) in [7, 11) is 0. The smallest absolute Gasteiger partial charge is 0.313 e. The number of anilines is 1. The Bertz CT molecular complexity index is 418. The van der Waals surface area contributed by atoms with Crippen LogP contribution >= 0.6 is 11.3 Å². The van der Waals surface area contributed by atoms with E-state index in [-0.39, 0.29) is 12.5 Å². The zero-order chi connectivity index (χ0) is 15.0. The molecule has 0 saturated heterocycles. The third-order valence-corrected chi connectivity index (χ3v) is 3.56. The van der Waals surface area contributed by atoms with E-state index in [1.165, 1.54) is 11.3 Å². The maximum Gasteiger partial charge on any atom is 0.313 e. The maximum absolute atomic E-state index is 11.7. The van der Waals surface area contributed by atoms with Crippen molar-refractivity contribution in [2.45, 2.75) is 26.7 Å². The van der Waals surface area contributed by atoms with Gasteiger partial charge in [0.1, 0.15) is 0 Å². The molecule has 2 amide bonds. The van der Waals surface area contributed by atoms with Crippen LogP contribution in [0.15, 0.2) is 16.8 Å². The van der Waals surface area contributed by atoms with Gasteiger partial charge in [0.25, 0.3) is 0 Å². The lowest BCUT2D eigenvalue weighted by Gasteiger charge is -2.18. The Morgan fingerprint density at radius 2 is 2.10 bits per heavy atom. The Balaban J connectivity index is 2.38. The standard InChI is InChI=1S/C14H22N2O3S/c1-10(2)7-11(3-5-17)8-15-13(18)14(19)16-12-4-6-20-9-12/h4,6,9-11,17H,3,5,7-8H2,1-2H3,(H,15,18)(H,16,19). The number of aliphatic hydroxyl groups excluding tert-OH is 1. The molecule has 1 unspecified atom stereocenters. The summed E-state index contributed by atoms with van der Waals surface area (Å²) in [5, 5.41) is 17.7. The van der Waals surface area contributed by atoms with Gasteiger partial charge in [-0.1, -0.05) is 13.8 Å². The van der Waals surface area contributed by atoms with E-state index in [0.717, 1.165) is 6.42 Å². The number of hydrogen-bond acceptors (Lipinski definition) is 4. The largest absolute Gasteiger partial charge is 0.396 e. The molecule has 0 fully saturated rings. The van der Waals surface area contributed by atoms with Crippen molar-refractivity contribution in [3.8, 4) is 0 Å². The number of nitrogens with one attached hydrogen (secondary N) is 2. The fraction of sp³-hybridized carbons (Fsp3) is 0.571. The quantitative estimate of drug-likeness (QED) is 0.672. The van der Waals surface area contributed by atoms with E-state index < -0.39 is 11.8 Å². The highest BCUT2D eigenvalue weighted by Crippen LogP contribution is 2.14. The lowest BCUT2D eigenvalue weighted by atomic mass is 9.94. The van der Waals surface area contributed by atoms with Gasteiger partial charge in [0, 0.05) is 18.5 Å². The molecule has 20 heavy (non-hydrogen) atoms. The van der Waals surface area contributed by atoms with Gasteiger partial charge in [0.15, 0.2) is 0 Å². The molecule has 6 heteroatoms. The molecule has 1 atom stereocenters. The second-order valence-electron chi connectivity index (χ2n) is 5.18. The molecule has 5 nitrogen and oxygen atoms in total. The van der Waals surface area contributed by atoms with E-state index in [4.69, 9.17) is 5.11 Å². The third kappa shape index (κ3) is 6.16. The first-order valence-corrected chi connectivity index (χ1v) is 7.69. The summed E-state index contributed by atoms with van der Waals surface area (Å²) in [6, 6.07) is 1.74. The van der Waals surface area contributed by atoms with Gasteiger partial charge in [-0.3, -0.25) is 9.59 Å². The first-order chi connectivity index (χ1) is 9.52. The van der Waals surface area contributed by atoms with Gasteiger partial charge in [-0.2, -0.15) is 11.3 Å². The summed E-state index contributed by atoms with van der Waals surface area (Å²) >= 11 is 1.45. The lowest BCUT2D eigenvalue weighted by molar-refractivity contribution is -0.136. The Hall–Kier alpha value is -1.40. The van der Waals surface area contributed by atoms with Crippen molar-refractivity contribution in [1.29, 1.82) is 0 Å². The summed E-state index contributed by atoms with van der Waals surface area (Å²) in [5.74, 6) is -0.612. The van der Waals surface area contributed by atoms with E-state index in [2.05, 4.69) is 24.5 Å². The first kappa shape index (κ1) is 16.7. The van der Waals surface area contributed by atoms with Crippen LogP contribution in [0.1, 0.15) is 26.7 Å². The minimum Gasteiger partial charge on any atom is -0.396 e. The molecule has 0 spiro atoms. The molecule has 0 saturated carbocycles. The molecular formula is C14H22N2O3S. The van der Waals surface area contributed by atoms with Gasteiger partial charge in [0.05, 0.1) is 5.69 Å². The Morgan fingerprint density at radius 3 is 2.65 bits per heavy atom. The summed E-state index contributed by atoms with van der Waals surface area (Å²) in [5.41, 5.74) is 0.629. The van der Waals surface area contributed by atoms with Crippen LogP contribution in [0.25, 0.3) is 0 Å². The summed E-state index contributed by atoms with van der Waals surface area (Å²) in [4.78, 5) is 23.3. The molecule has 0 bridgehead atoms. The number of aliphatic hydroxyl groups is 1. The fourth-order valence-electron chi connectivity index (χ4n) is 1.99. The molecule has 1 rings (SSSR count). The highest BCUT2D eigenvalue weighted by Gasteiger charge is 2.17. The maximum atomic E-state index is 11.7. The molecule has 0 aromatic carbocycles. The predicted molar refractivity (Wildman–Crippen MR) is 80.6 cm³/mol. The number of amides is 2. The number of rotatable bonds is 7. The molecule has 0 radical (unpaired) electrons. The molecule has 1 aromatic rings. The van der Waals surface area contributed by atoms with Gasteiger partial charge in [0.2, 0.25) is 0 Å². The van der Waals surface area contributed by atoms with Crippen molar-refractivity contribution < 1.29 is 14.7 Å². The van der Waals surface area contributed by atoms with Crippen LogP contribution in [0.3, 0.4) is 0 Å². The summed E-state index contributed by atoms with van der Waals surface area (Å²) < 4.78 is 0. The van der Waals surface area contributed by atoms with Gasteiger partial charge in [-0.15, -0.1) is 0 Å². The van der Waals surface area contributed by atoms with Gasteiger partial charge in [-0.25, -0.2) is 0 Å². The molecule has 1 aromatic heterocycles. The Morgan fingerprint density at radius 1 is 1.35 bits per heavy atom. The monoisotopic (exact) mass is 298 g/mol. The zero-order valence-corrected chi connectivity index (χ0v) is 12.7. The van der Waals surface area contributed by atoms with E-state index in [9.17, 15) is 9.59 Å². The van der Waals surface area contributed by atoms with Crippen LogP contribution in [0.5, 0.6) is 0 Å². The van der Waals surface area contributed by atoms with Crippen molar-refractivity contribution in [2.24, 2.45) is 11.8 Å². The van der Waals surface area contributed by atoms with Crippen molar-refractivity contribution in [2.75, 3.05) is 18.5 Å². The zero-order valence-electron chi connectivity index (χ0n) is 11.9. The summed E-state index contributed by atoms with van der Waals surface area (Å²) in [6.45, 7) is 4.69. The van der Waals surface area contributed by atoms with Crippen LogP contribution < -0.4 is 10.6 Å². The molecule has 0 aliphatic heterocycles. The molecule has 1 heterocycles. The molecule has 112 valence electrons. The van der Waals surface area contributed by atoms with Crippen molar-refractivity contribution in [3.63, 3.8) is 0 Å². The Kier molecular flexibility index (Phi) is 7.25. The minimum absolute atomic E-state index is 0.0916. The molecule has 3 N–H and O–H groups in total. The fourth-order valence-corrected chi connectivity index (χ4v) is 2.58. The van der Waals surface area contributed by atoms with Crippen molar-refractivity contribution >= 4 is 28.8 Å². The average molecular weight is 298 g/mol. The number of carbonyl (C=O) groups is 2. The second kappa shape index (κ2) is 8.71. The predicted octanol–water partition coefficient (Wildman–Crippen LogP) is 1.85. The van der Waals surface area contributed by atoms with E-state index in [1.807, 2.05) is 5.38 Å². The number of hydrogen-bond donors (Lipinski definition) is 3. The third-order valence-electron chi connectivity index (χ3n) is 2.88. The average Bonchev–Trinajstić information content (AvgIpc) is 2.88. The number of thiophene rings is 1. The van der Waals surface area contributed by atoms with E-state index in [1.54, 1.807) is 11.4 Å². The highest BCUT2D eigenvalue weighted by atomic mass is 32.1. The van der Waals surface area contributed by atoms with Gasteiger partial charge < -0.3 is 15.7 Å². The SMILES string of the molecule is CC(C)CC(CCO)CNC(=O)C(=O)Nc1ccsc1. The second-order valence-corrected chi connectivity index (χ2v) is 5.96. The van der Waals surface area contributed by atoms with Crippen molar-refractivity contribution in [1.82, 2.24) is 5.32 Å². The number of carbonyl (C=O) groups excluding carboxylic acids is 2. The lowest BCUT2D eigenvalue weighted by Crippen LogP contribution is -2.38. The van der Waals surface area contributed by atoms with Crippen molar-refractivity contribution in [3.05, 3.63) is 16.8 Å². The topological polar surface area (TPSA) is 78.4 Å². The normalized spacial score (nSPS) is 12.2. The van der Waals surface area contributed by atoms with Crippen LogP contribution in [-0.2, 0) is 9.59 Å². The Labute approximate surface area is 123 Å². The van der Waals surface area contributed by atoms with Crippen LogP contribution in [-0.4, -0.2) is 30.1 Å². The van der Waals surface area contributed by atoms with Gasteiger partial charge >= 0.3 is 11.8 Å². The van der Waals surface area contributed by atoms with Crippen LogP contribution in [0, 0.1) is 11.8 Å². The van der Waals surface area contributed by atoms with E-state index in [0.29, 0.717) is 24.6 Å². The first-order valence-electron chi connectivity index (χ1n) is 6.75. The van der Waals surface area contributed by atoms with Crippen LogP contribution in [0.4, 0.5) is 5.69 Å². The van der Waals surface area contributed by atoms with E-state index >= 15 is 0 Å². The summed E-state index contributed by atoms with van der Waals surface area (Å²) in [6.07, 6.45) is 1.54. The van der Waals surface area contributed by atoms with Gasteiger partial charge in [-0.05, 0) is 36.1 Å². The van der Waals surface area contributed by atoms with Crippen LogP contribution in [0.2, 0.25) is 0 Å².